The molecule has 4 nitrogen and oxygen atoms in total. The van der Waals surface area contributed by atoms with Gasteiger partial charge < -0.3 is 5.11 Å². The first-order valence-corrected chi connectivity index (χ1v) is 9.20. The molecule has 4 unspecified atom stereocenters. The fourth-order valence-corrected chi connectivity index (χ4v) is 5.48. The van der Waals surface area contributed by atoms with Gasteiger partial charge in [-0.3, -0.25) is 0 Å². The van der Waals surface area contributed by atoms with E-state index in [2.05, 4.69) is 4.72 Å². The van der Waals surface area contributed by atoms with Crippen LogP contribution in [0.1, 0.15) is 38.2 Å². The lowest BCUT2D eigenvalue weighted by atomic mass is 9.84. The van der Waals surface area contributed by atoms with Crippen molar-refractivity contribution >= 4 is 10.0 Å². The lowest BCUT2D eigenvalue weighted by molar-refractivity contribution is 0.280. The minimum atomic E-state index is -3.51. The van der Waals surface area contributed by atoms with Crippen LogP contribution in [0.4, 0.5) is 0 Å². The summed E-state index contributed by atoms with van der Waals surface area (Å²) in [6, 6.07) is 6.48. The van der Waals surface area contributed by atoms with Gasteiger partial charge >= 0.3 is 0 Å². The summed E-state index contributed by atoms with van der Waals surface area (Å²) in [6.45, 7) is 1.84. The van der Waals surface area contributed by atoms with Gasteiger partial charge in [-0.2, -0.15) is 0 Å². The lowest BCUT2D eigenvalue weighted by Gasteiger charge is -2.28. The summed E-state index contributed by atoms with van der Waals surface area (Å²) in [5, 5.41) is 9.14. The first-order chi connectivity index (χ1) is 9.99. The number of aliphatic hydroxyl groups excluding tert-OH is 1. The van der Waals surface area contributed by atoms with E-state index in [1.165, 1.54) is 25.3 Å². The molecule has 116 valence electrons. The van der Waals surface area contributed by atoms with Crippen LogP contribution in [-0.4, -0.2) is 19.6 Å². The van der Waals surface area contributed by atoms with Crippen molar-refractivity contribution in [1.82, 2.24) is 4.72 Å². The van der Waals surface area contributed by atoms with E-state index in [-0.39, 0.29) is 17.5 Å². The van der Waals surface area contributed by atoms with Crippen LogP contribution in [0, 0.1) is 17.8 Å². The van der Waals surface area contributed by atoms with Crippen molar-refractivity contribution in [1.29, 1.82) is 0 Å². The van der Waals surface area contributed by atoms with Crippen LogP contribution in [0.15, 0.2) is 29.2 Å². The van der Waals surface area contributed by atoms with Crippen molar-refractivity contribution < 1.29 is 13.5 Å². The highest BCUT2D eigenvalue weighted by atomic mass is 32.2. The Morgan fingerprint density at radius 2 is 2.14 bits per heavy atom. The number of hydrogen-bond acceptors (Lipinski definition) is 3. The fourth-order valence-electron chi connectivity index (χ4n) is 4.12. The summed E-state index contributed by atoms with van der Waals surface area (Å²) < 4.78 is 27.8. The average molecular weight is 309 g/mol. The van der Waals surface area contributed by atoms with Crippen LogP contribution < -0.4 is 4.72 Å². The van der Waals surface area contributed by atoms with E-state index in [0.717, 1.165) is 12.3 Å². The molecule has 0 spiro atoms. The quantitative estimate of drug-likeness (QED) is 0.877. The van der Waals surface area contributed by atoms with Crippen LogP contribution in [0.3, 0.4) is 0 Å². The van der Waals surface area contributed by atoms with E-state index in [4.69, 9.17) is 5.11 Å². The molecule has 1 aromatic carbocycles. The van der Waals surface area contributed by atoms with Crippen molar-refractivity contribution in [2.24, 2.45) is 17.8 Å². The maximum Gasteiger partial charge on any atom is 0.240 e. The fraction of sp³-hybridized carbons (Fsp3) is 0.625. The van der Waals surface area contributed by atoms with Crippen molar-refractivity contribution in [3.8, 4) is 0 Å². The molecule has 2 aliphatic rings. The van der Waals surface area contributed by atoms with Gasteiger partial charge in [-0.1, -0.05) is 18.6 Å². The van der Waals surface area contributed by atoms with Gasteiger partial charge in [0.1, 0.15) is 0 Å². The molecule has 2 saturated carbocycles. The number of hydrogen-bond donors (Lipinski definition) is 2. The first kappa shape index (κ1) is 15.0. The number of rotatable bonds is 5. The molecule has 0 amide bonds. The highest BCUT2D eigenvalue weighted by molar-refractivity contribution is 7.89. The molecule has 2 bridgehead atoms. The topological polar surface area (TPSA) is 66.4 Å². The Hall–Kier alpha value is -0.910. The highest BCUT2D eigenvalue weighted by Gasteiger charge is 2.42. The van der Waals surface area contributed by atoms with Gasteiger partial charge in [0.05, 0.1) is 11.5 Å². The summed E-state index contributed by atoms with van der Waals surface area (Å²) in [7, 11) is -3.51. The highest BCUT2D eigenvalue weighted by Crippen LogP contribution is 2.49. The van der Waals surface area contributed by atoms with Crippen LogP contribution in [0.25, 0.3) is 0 Å². The standard InChI is InChI=1S/C16H23NO3S/c1-11(16-9-12-5-6-14(16)7-12)17-21(19,20)15-4-2-3-13(8-15)10-18/h2-4,8,11-12,14,16-18H,5-7,9-10H2,1H3. The number of sulfonamides is 1. The second-order valence-electron chi connectivity index (χ2n) is 6.55. The third kappa shape index (κ3) is 3.00. The summed E-state index contributed by atoms with van der Waals surface area (Å²) >= 11 is 0. The maximum atomic E-state index is 12.5. The molecule has 0 saturated heterocycles. The van der Waals surface area contributed by atoms with Gasteiger partial charge in [0.15, 0.2) is 0 Å². The Labute approximate surface area is 126 Å². The number of aliphatic hydroxyl groups is 1. The summed E-state index contributed by atoms with van der Waals surface area (Å²) in [5.41, 5.74) is 0.616. The van der Waals surface area contributed by atoms with Crippen molar-refractivity contribution in [3.63, 3.8) is 0 Å². The Morgan fingerprint density at radius 1 is 1.33 bits per heavy atom. The van der Waals surface area contributed by atoms with Gasteiger partial charge in [-0.05, 0) is 61.6 Å². The molecule has 0 radical (unpaired) electrons. The van der Waals surface area contributed by atoms with Crippen molar-refractivity contribution in [2.75, 3.05) is 0 Å². The number of fused-ring (bicyclic) bond motifs is 2. The normalized spacial score (nSPS) is 29.7. The summed E-state index contributed by atoms with van der Waals surface area (Å²) in [4.78, 5) is 0.240. The molecule has 2 fully saturated rings. The first-order valence-electron chi connectivity index (χ1n) is 7.71. The number of nitrogens with one attached hydrogen (secondary N) is 1. The molecule has 21 heavy (non-hydrogen) atoms. The zero-order valence-corrected chi connectivity index (χ0v) is 13.1. The molecule has 0 aliphatic heterocycles. The third-order valence-electron chi connectivity index (χ3n) is 5.17. The van der Waals surface area contributed by atoms with Gasteiger partial charge in [0.25, 0.3) is 0 Å². The van der Waals surface area contributed by atoms with Gasteiger partial charge in [-0.25, -0.2) is 13.1 Å². The Morgan fingerprint density at radius 3 is 2.76 bits per heavy atom. The molecule has 0 heterocycles. The summed E-state index contributed by atoms with van der Waals surface area (Å²) in [6.07, 6.45) is 5.00. The molecule has 0 aromatic heterocycles. The van der Waals surface area contributed by atoms with Crippen LogP contribution in [0.2, 0.25) is 0 Å². The second kappa shape index (κ2) is 5.71. The minimum Gasteiger partial charge on any atom is -0.392 e. The number of benzene rings is 1. The predicted octanol–water partition coefficient (Wildman–Crippen LogP) is 2.28. The molecule has 2 aliphatic carbocycles. The molecule has 2 N–H and O–H groups in total. The zero-order valence-electron chi connectivity index (χ0n) is 12.3. The Kier molecular flexibility index (Phi) is 4.08. The van der Waals surface area contributed by atoms with Crippen LogP contribution in [-0.2, 0) is 16.6 Å². The van der Waals surface area contributed by atoms with Gasteiger partial charge in [0, 0.05) is 6.04 Å². The smallest absolute Gasteiger partial charge is 0.240 e. The van der Waals surface area contributed by atoms with Crippen LogP contribution in [0.5, 0.6) is 0 Å². The Balaban J connectivity index is 1.73. The monoisotopic (exact) mass is 309 g/mol. The largest absolute Gasteiger partial charge is 0.392 e. The predicted molar refractivity (Wildman–Crippen MR) is 81.1 cm³/mol. The third-order valence-corrected chi connectivity index (χ3v) is 6.72. The average Bonchev–Trinajstić information content (AvgIpc) is 3.09. The second-order valence-corrected chi connectivity index (χ2v) is 8.27. The molecule has 4 atom stereocenters. The van der Waals surface area contributed by atoms with Gasteiger partial charge in [0.2, 0.25) is 10.0 Å². The molecule has 5 heteroatoms. The van der Waals surface area contributed by atoms with E-state index in [9.17, 15) is 8.42 Å². The summed E-state index contributed by atoms with van der Waals surface area (Å²) in [5.74, 6) is 1.97. The van der Waals surface area contributed by atoms with Crippen molar-refractivity contribution in [2.45, 2.75) is 50.2 Å². The Bertz CT molecular complexity index is 614. The molecular formula is C16H23NO3S. The lowest BCUT2D eigenvalue weighted by Crippen LogP contribution is -2.40. The van der Waals surface area contributed by atoms with Crippen molar-refractivity contribution in [3.05, 3.63) is 29.8 Å². The van der Waals surface area contributed by atoms with E-state index in [1.807, 2.05) is 6.92 Å². The molecule has 3 rings (SSSR count). The minimum absolute atomic E-state index is 0.0249. The molecular weight excluding hydrogens is 286 g/mol. The SMILES string of the molecule is CC(NS(=O)(=O)c1cccc(CO)c1)C1CC2CCC1C2. The van der Waals surface area contributed by atoms with E-state index in [0.29, 0.717) is 17.4 Å². The van der Waals surface area contributed by atoms with E-state index < -0.39 is 10.0 Å². The van der Waals surface area contributed by atoms with Gasteiger partial charge in [-0.15, -0.1) is 0 Å². The van der Waals surface area contributed by atoms with Crippen LogP contribution >= 0.6 is 0 Å². The zero-order chi connectivity index (χ0) is 15.0. The maximum absolute atomic E-state index is 12.5. The van der Waals surface area contributed by atoms with E-state index in [1.54, 1.807) is 18.2 Å². The molecule has 1 aromatic rings. The van der Waals surface area contributed by atoms with E-state index >= 15 is 0 Å².